The number of para-hydroxylation sites is 1. The molecular formula is C12H16N2S. The average Bonchev–Trinajstić information content (AvgIpc) is 2.59. The number of nitrogens with zero attached hydrogens (tertiary/aromatic N) is 1. The van der Waals surface area contributed by atoms with Gasteiger partial charge in [0.2, 0.25) is 0 Å². The van der Waals surface area contributed by atoms with E-state index in [0.717, 1.165) is 30.8 Å². The highest BCUT2D eigenvalue weighted by atomic mass is 32.1. The van der Waals surface area contributed by atoms with Crippen molar-refractivity contribution < 1.29 is 0 Å². The average molecular weight is 220 g/mol. The van der Waals surface area contributed by atoms with E-state index in [-0.39, 0.29) is 0 Å². The summed E-state index contributed by atoms with van der Waals surface area (Å²) in [4.78, 5) is 4.58. The lowest BCUT2D eigenvalue weighted by Crippen LogP contribution is -1.99. The van der Waals surface area contributed by atoms with Gasteiger partial charge in [-0.25, -0.2) is 4.98 Å². The molecule has 2 nitrogen and oxygen atoms in total. The van der Waals surface area contributed by atoms with E-state index in [9.17, 15) is 0 Å². The molecule has 0 aliphatic carbocycles. The van der Waals surface area contributed by atoms with E-state index in [4.69, 9.17) is 5.73 Å². The van der Waals surface area contributed by atoms with Gasteiger partial charge >= 0.3 is 0 Å². The second-order valence-corrected chi connectivity index (χ2v) is 4.98. The quantitative estimate of drug-likeness (QED) is 0.805. The number of nitrogens with two attached hydrogens (primary N) is 1. The van der Waals surface area contributed by atoms with Gasteiger partial charge in [0, 0.05) is 0 Å². The Hall–Kier alpha value is -0.930. The van der Waals surface area contributed by atoms with Gasteiger partial charge in [-0.1, -0.05) is 12.1 Å². The number of hydrogen-bond donors (Lipinski definition) is 1. The number of hydrogen-bond acceptors (Lipinski definition) is 3. The Morgan fingerprint density at radius 1 is 1.33 bits per heavy atom. The zero-order valence-corrected chi connectivity index (χ0v) is 9.81. The Kier molecular flexibility index (Phi) is 3.34. The maximum Gasteiger partial charge on any atom is 0.0907 e. The fraction of sp³-hybridized carbons (Fsp3) is 0.417. The number of fused-ring (bicyclic) bond motifs is 1. The van der Waals surface area contributed by atoms with E-state index in [2.05, 4.69) is 30.1 Å². The first-order valence-electron chi connectivity index (χ1n) is 5.36. The van der Waals surface area contributed by atoms with Crippen LogP contribution in [0.25, 0.3) is 10.2 Å². The molecule has 80 valence electrons. The minimum Gasteiger partial charge on any atom is -0.330 e. The van der Waals surface area contributed by atoms with Crippen molar-refractivity contribution in [2.45, 2.75) is 26.2 Å². The summed E-state index contributed by atoms with van der Waals surface area (Å²) in [5.74, 6) is 0. The highest BCUT2D eigenvalue weighted by molar-refractivity contribution is 7.18. The van der Waals surface area contributed by atoms with Crippen LogP contribution in [0.4, 0.5) is 0 Å². The second-order valence-electron chi connectivity index (χ2n) is 3.74. The predicted octanol–water partition coefficient (Wildman–Crippen LogP) is 2.89. The molecule has 0 aliphatic rings. The smallest absolute Gasteiger partial charge is 0.0907 e. The molecule has 0 saturated carbocycles. The lowest BCUT2D eigenvalue weighted by molar-refractivity contribution is 0.747. The molecule has 0 radical (unpaired) electrons. The van der Waals surface area contributed by atoms with Gasteiger partial charge in [0.15, 0.2) is 0 Å². The van der Waals surface area contributed by atoms with Gasteiger partial charge in [0.05, 0.1) is 15.2 Å². The largest absolute Gasteiger partial charge is 0.330 e. The van der Waals surface area contributed by atoms with Crippen LogP contribution in [0.1, 0.15) is 23.4 Å². The monoisotopic (exact) mass is 220 g/mol. The lowest BCUT2D eigenvalue weighted by atomic mass is 10.1. The van der Waals surface area contributed by atoms with Gasteiger partial charge in [0.25, 0.3) is 0 Å². The lowest BCUT2D eigenvalue weighted by Gasteiger charge is -2.01. The highest BCUT2D eigenvalue weighted by Gasteiger charge is 2.04. The predicted molar refractivity (Wildman–Crippen MR) is 66.3 cm³/mol. The third kappa shape index (κ3) is 2.36. The van der Waals surface area contributed by atoms with Crippen LogP contribution >= 0.6 is 11.3 Å². The first-order chi connectivity index (χ1) is 7.31. The molecule has 15 heavy (non-hydrogen) atoms. The van der Waals surface area contributed by atoms with Crippen molar-refractivity contribution in [2.24, 2.45) is 5.73 Å². The Morgan fingerprint density at radius 2 is 2.20 bits per heavy atom. The minimum atomic E-state index is 0.784. The summed E-state index contributed by atoms with van der Waals surface area (Å²) in [5.41, 5.74) is 8.05. The summed E-state index contributed by atoms with van der Waals surface area (Å²) in [6, 6.07) is 6.45. The second kappa shape index (κ2) is 4.73. The maximum atomic E-state index is 5.50. The zero-order valence-electron chi connectivity index (χ0n) is 8.99. The molecule has 2 N–H and O–H groups in total. The number of thiazole rings is 1. The Balaban J connectivity index is 2.25. The highest BCUT2D eigenvalue weighted by Crippen LogP contribution is 2.25. The Labute approximate surface area is 94.1 Å². The van der Waals surface area contributed by atoms with Crippen molar-refractivity contribution in [3.63, 3.8) is 0 Å². The fourth-order valence-corrected chi connectivity index (χ4v) is 2.65. The molecule has 0 aliphatic heterocycles. The molecule has 0 saturated heterocycles. The van der Waals surface area contributed by atoms with Gasteiger partial charge in [0.1, 0.15) is 0 Å². The van der Waals surface area contributed by atoms with Crippen LogP contribution < -0.4 is 5.73 Å². The van der Waals surface area contributed by atoms with Crippen LogP contribution in [-0.2, 0) is 6.42 Å². The summed E-state index contributed by atoms with van der Waals surface area (Å²) in [5, 5.41) is 1.15. The molecule has 0 fully saturated rings. The summed E-state index contributed by atoms with van der Waals surface area (Å²) < 4.78 is 1.30. The topological polar surface area (TPSA) is 38.9 Å². The van der Waals surface area contributed by atoms with Crippen molar-refractivity contribution in [1.82, 2.24) is 4.98 Å². The van der Waals surface area contributed by atoms with Crippen LogP contribution in [0, 0.1) is 6.92 Å². The van der Waals surface area contributed by atoms with Crippen molar-refractivity contribution in [2.75, 3.05) is 6.54 Å². The molecular weight excluding hydrogens is 204 g/mol. The third-order valence-corrected chi connectivity index (χ3v) is 3.45. The first-order valence-corrected chi connectivity index (χ1v) is 6.18. The molecule has 0 unspecified atom stereocenters. The van der Waals surface area contributed by atoms with Crippen molar-refractivity contribution in [1.29, 1.82) is 0 Å². The summed E-state index contributed by atoms with van der Waals surface area (Å²) in [7, 11) is 0. The molecule has 2 aromatic rings. The Morgan fingerprint density at radius 3 is 3.00 bits per heavy atom. The maximum absolute atomic E-state index is 5.50. The first kappa shape index (κ1) is 10.6. The molecule has 2 rings (SSSR count). The summed E-state index contributed by atoms with van der Waals surface area (Å²) in [6.45, 7) is 2.85. The molecule has 1 aromatic heterocycles. The van der Waals surface area contributed by atoms with Crippen LogP contribution in [-0.4, -0.2) is 11.5 Å². The third-order valence-electron chi connectivity index (χ3n) is 2.51. The minimum absolute atomic E-state index is 0.784. The number of rotatable bonds is 4. The summed E-state index contributed by atoms with van der Waals surface area (Å²) in [6.07, 6.45) is 3.35. The van der Waals surface area contributed by atoms with E-state index >= 15 is 0 Å². The van der Waals surface area contributed by atoms with Gasteiger partial charge < -0.3 is 5.73 Å². The van der Waals surface area contributed by atoms with E-state index in [1.54, 1.807) is 11.3 Å². The van der Waals surface area contributed by atoms with Gasteiger partial charge in [-0.2, -0.15) is 0 Å². The molecule has 0 bridgehead atoms. The number of unbranched alkanes of at least 4 members (excludes halogenated alkanes) is 1. The molecule has 1 aromatic carbocycles. The van der Waals surface area contributed by atoms with Gasteiger partial charge in [-0.05, 0) is 44.4 Å². The number of aryl methyl sites for hydroxylation is 2. The number of aromatic nitrogens is 1. The van der Waals surface area contributed by atoms with Gasteiger partial charge in [-0.15, -0.1) is 11.3 Å². The van der Waals surface area contributed by atoms with Crippen LogP contribution in [0.15, 0.2) is 18.2 Å². The molecule has 0 atom stereocenters. The van der Waals surface area contributed by atoms with Crippen molar-refractivity contribution in [3.8, 4) is 0 Å². The normalized spacial score (nSPS) is 11.1. The number of benzene rings is 1. The molecule has 0 amide bonds. The van der Waals surface area contributed by atoms with Crippen LogP contribution in [0.3, 0.4) is 0 Å². The van der Waals surface area contributed by atoms with E-state index in [0.29, 0.717) is 0 Å². The van der Waals surface area contributed by atoms with Crippen molar-refractivity contribution in [3.05, 3.63) is 28.8 Å². The van der Waals surface area contributed by atoms with E-state index in [1.807, 2.05) is 0 Å². The van der Waals surface area contributed by atoms with Crippen LogP contribution in [0.5, 0.6) is 0 Å². The molecule has 0 spiro atoms. The SMILES string of the molecule is Cc1nc2c(CCCCN)cccc2s1. The standard InChI is InChI=1S/C12H16N2S/c1-9-14-12-10(5-2-3-8-13)6-4-7-11(12)15-9/h4,6-7H,2-3,5,8,13H2,1H3. The molecule has 3 heteroatoms. The Bertz CT molecular complexity index is 448. The van der Waals surface area contributed by atoms with E-state index < -0.39 is 0 Å². The van der Waals surface area contributed by atoms with E-state index in [1.165, 1.54) is 15.8 Å². The zero-order chi connectivity index (χ0) is 10.7. The fourth-order valence-electron chi connectivity index (χ4n) is 1.78. The summed E-state index contributed by atoms with van der Waals surface area (Å²) >= 11 is 1.77. The van der Waals surface area contributed by atoms with Gasteiger partial charge in [-0.3, -0.25) is 0 Å². The van der Waals surface area contributed by atoms with Crippen molar-refractivity contribution >= 4 is 21.6 Å². The molecule has 1 heterocycles. The van der Waals surface area contributed by atoms with Crippen LogP contribution in [0.2, 0.25) is 0 Å².